The van der Waals surface area contributed by atoms with E-state index in [-0.39, 0.29) is 5.78 Å². The van der Waals surface area contributed by atoms with Crippen LogP contribution in [0.3, 0.4) is 0 Å². The molecular weight excluding hydrogens is 304 g/mol. The van der Waals surface area contributed by atoms with Crippen LogP contribution in [0.5, 0.6) is 11.5 Å². The van der Waals surface area contributed by atoms with E-state index in [0.717, 1.165) is 16.7 Å². The number of carbonyl (C=O) groups is 1. The molecule has 0 spiro atoms. The average molecular weight is 326 g/mol. The van der Waals surface area contributed by atoms with Crippen LogP contribution in [0.1, 0.15) is 27.0 Å². The number of benzene rings is 2. The third-order valence-electron chi connectivity index (χ3n) is 3.64. The highest BCUT2D eigenvalue weighted by atomic mass is 16.5. The number of aryl methyl sites for hydroxylation is 2. The summed E-state index contributed by atoms with van der Waals surface area (Å²) in [6.07, 6.45) is 3.29. The second-order valence-corrected chi connectivity index (χ2v) is 5.57. The van der Waals surface area contributed by atoms with Crippen molar-refractivity contribution >= 4 is 11.9 Å². The Kier molecular flexibility index (Phi) is 6.15. The minimum atomic E-state index is -0.0816. The van der Waals surface area contributed by atoms with Gasteiger partial charge in [0.1, 0.15) is 18.1 Å². The van der Waals surface area contributed by atoms with Gasteiger partial charge in [0, 0.05) is 12.7 Å². The third-order valence-corrected chi connectivity index (χ3v) is 3.64. The zero-order valence-corrected chi connectivity index (χ0v) is 14.2. The Bertz CT molecular complexity index is 707. The maximum atomic E-state index is 12.2. The number of ether oxygens (including phenoxy) is 2. The van der Waals surface area contributed by atoms with E-state index < -0.39 is 0 Å². The van der Waals surface area contributed by atoms with Crippen LogP contribution >= 0.6 is 0 Å². The van der Waals surface area contributed by atoms with E-state index in [1.54, 1.807) is 37.5 Å². The van der Waals surface area contributed by atoms with Gasteiger partial charge in [-0.2, -0.15) is 0 Å². The molecule has 0 aliphatic carbocycles. The van der Waals surface area contributed by atoms with E-state index in [9.17, 15) is 9.90 Å². The van der Waals surface area contributed by atoms with Crippen LogP contribution in [0.15, 0.2) is 42.5 Å². The summed E-state index contributed by atoms with van der Waals surface area (Å²) in [6, 6.07) is 10.7. The SMILES string of the molecule is COCCOc1ccc(C(=O)/C=C/c2cc(C)c(O)c(C)c2)cc1. The summed E-state index contributed by atoms with van der Waals surface area (Å²) in [5.41, 5.74) is 3.06. The molecule has 0 atom stereocenters. The fourth-order valence-electron chi connectivity index (χ4n) is 2.31. The lowest BCUT2D eigenvalue weighted by Gasteiger charge is -2.06. The molecule has 24 heavy (non-hydrogen) atoms. The summed E-state index contributed by atoms with van der Waals surface area (Å²) in [7, 11) is 1.62. The highest BCUT2D eigenvalue weighted by Crippen LogP contribution is 2.23. The number of hydrogen-bond donors (Lipinski definition) is 1. The van der Waals surface area contributed by atoms with Gasteiger partial charge in [0.25, 0.3) is 0 Å². The normalized spacial score (nSPS) is 11.0. The lowest BCUT2D eigenvalue weighted by molar-refractivity contribution is 0.104. The van der Waals surface area contributed by atoms with Crippen molar-refractivity contribution in [1.82, 2.24) is 0 Å². The van der Waals surface area contributed by atoms with Crippen molar-refractivity contribution in [2.24, 2.45) is 0 Å². The van der Waals surface area contributed by atoms with Gasteiger partial charge in [0.15, 0.2) is 5.78 Å². The summed E-state index contributed by atoms with van der Waals surface area (Å²) >= 11 is 0. The molecule has 0 heterocycles. The molecule has 0 amide bonds. The van der Waals surface area contributed by atoms with Gasteiger partial charge < -0.3 is 14.6 Å². The summed E-state index contributed by atoms with van der Waals surface area (Å²) in [6.45, 7) is 4.67. The van der Waals surface area contributed by atoms with Gasteiger partial charge in [-0.1, -0.05) is 6.08 Å². The van der Waals surface area contributed by atoms with Crippen molar-refractivity contribution in [1.29, 1.82) is 0 Å². The first-order valence-electron chi connectivity index (χ1n) is 7.75. The molecular formula is C20H22O4. The number of phenols is 1. The standard InChI is InChI=1S/C20H22O4/c1-14-12-16(13-15(2)20(14)22)4-9-19(21)17-5-7-18(8-6-17)24-11-10-23-3/h4-9,12-13,22H,10-11H2,1-3H3/b9-4+. The molecule has 2 aromatic rings. The topological polar surface area (TPSA) is 55.8 Å². The molecule has 0 unspecified atom stereocenters. The molecule has 0 aromatic heterocycles. The molecule has 0 saturated heterocycles. The first kappa shape index (κ1) is 17.8. The zero-order chi connectivity index (χ0) is 17.5. The summed E-state index contributed by atoms with van der Waals surface area (Å²) in [5, 5.41) is 9.78. The fourth-order valence-corrected chi connectivity index (χ4v) is 2.31. The van der Waals surface area contributed by atoms with E-state index in [2.05, 4.69) is 0 Å². The van der Waals surface area contributed by atoms with E-state index in [4.69, 9.17) is 9.47 Å². The molecule has 1 N–H and O–H groups in total. The van der Waals surface area contributed by atoms with Crippen LogP contribution in [0.25, 0.3) is 6.08 Å². The maximum absolute atomic E-state index is 12.2. The number of hydrogen-bond acceptors (Lipinski definition) is 4. The lowest BCUT2D eigenvalue weighted by atomic mass is 10.0. The smallest absolute Gasteiger partial charge is 0.185 e. The molecule has 0 aliphatic rings. The van der Waals surface area contributed by atoms with Crippen molar-refractivity contribution in [3.63, 3.8) is 0 Å². The Labute approximate surface area is 142 Å². The molecule has 126 valence electrons. The highest BCUT2D eigenvalue weighted by molar-refractivity contribution is 6.06. The molecule has 0 fully saturated rings. The van der Waals surface area contributed by atoms with Crippen molar-refractivity contribution in [2.75, 3.05) is 20.3 Å². The molecule has 2 aromatic carbocycles. The van der Waals surface area contributed by atoms with Gasteiger partial charge in [0.05, 0.1) is 6.61 Å². The summed E-state index contributed by atoms with van der Waals surface area (Å²) < 4.78 is 10.4. The predicted octanol–water partition coefficient (Wildman–Crippen LogP) is 3.93. The second-order valence-electron chi connectivity index (χ2n) is 5.57. The van der Waals surface area contributed by atoms with Crippen LogP contribution < -0.4 is 4.74 Å². The number of methoxy groups -OCH3 is 1. The molecule has 2 rings (SSSR count). The Morgan fingerprint density at radius 3 is 2.29 bits per heavy atom. The van der Waals surface area contributed by atoms with Crippen LogP contribution in [-0.4, -0.2) is 31.2 Å². The van der Waals surface area contributed by atoms with E-state index >= 15 is 0 Å². The van der Waals surface area contributed by atoms with Crippen molar-refractivity contribution in [3.8, 4) is 11.5 Å². The molecule has 4 heteroatoms. The first-order chi connectivity index (χ1) is 11.5. The zero-order valence-electron chi connectivity index (χ0n) is 14.2. The highest BCUT2D eigenvalue weighted by Gasteiger charge is 2.04. The minimum absolute atomic E-state index is 0.0816. The largest absolute Gasteiger partial charge is 0.507 e. The molecule has 4 nitrogen and oxygen atoms in total. The predicted molar refractivity (Wildman–Crippen MR) is 94.8 cm³/mol. The number of ketones is 1. The van der Waals surface area contributed by atoms with Gasteiger partial charge in [-0.25, -0.2) is 0 Å². The number of carbonyl (C=O) groups excluding carboxylic acids is 1. The van der Waals surface area contributed by atoms with Crippen LogP contribution in [0.2, 0.25) is 0 Å². The lowest BCUT2D eigenvalue weighted by Crippen LogP contribution is -2.04. The Morgan fingerprint density at radius 2 is 1.71 bits per heavy atom. The number of allylic oxidation sites excluding steroid dienone is 1. The molecule has 0 radical (unpaired) electrons. The van der Waals surface area contributed by atoms with Gasteiger partial charge >= 0.3 is 0 Å². The average Bonchev–Trinajstić information content (AvgIpc) is 2.58. The van der Waals surface area contributed by atoms with E-state index in [0.29, 0.717) is 30.3 Å². The van der Waals surface area contributed by atoms with Gasteiger partial charge in [-0.05, 0) is 73.0 Å². The Hall–Kier alpha value is -2.59. The van der Waals surface area contributed by atoms with Crippen molar-refractivity contribution in [3.05, 3.63) is 64.7 Å². The number of aromatic hydroxyl groups is 1. The Morgan fingerprint density at radius 1 is 1.08 bits per heavy atom. The fraction of sp³-hybridized carbons (Fsp3) is 0.250. The van der Waals surface area contributed by atoms with E-state index in [1.165, 1.54) is 6.08 Å². The van der Waals surface area contributed by atoms with E-state index in [1.807, 2.05) is 26.0 Å². The maximum Gasteiger partial charge on any atom is 0.185 e. The van der Waals surface area contributed by atoms with Gasteiger partial charge in [-0.3, -0.25) is 4.79 Å². The molecule has 0 saturated carbocycles. The van der Waals surface area contributed by atoms with Crippen molar-refractivity contribution in [2.45, 2.75) is 13.8 Å². The van der Waals surface area contributed by atoms with Crippen LogP contribution in [-0.2, 0) is 4.74 Å². The molecule has 0 bridgehead atoms. The summed E-state index contributed by atoms with van der Waals surface area (Å²) in [4.78, 5) is 12.2. The summed E-state index contributed by atoms with van der Waals surface area (Å²) in [5.74, 6) is 0.918. The minimum Gasteiger partial charge on any atom is -0.507 e. The monoisotopic (exact) mass is 326 g/mol. The molecule has 0 aliphatic heterocycles. The third kappa shape index (κ3) is 4.70. The number of phenolic OH excluding ortho intramolecular Hbond substituents is 1. The number of rotatable bonds is 7. The van der Waals surface area contributed by atoms with Gasteiger partial charge in [-0.15, -0.1) is 0 Å². The Balaban J connectivity index is 2.04. The van der Waals surface area contributed by atoms with Crippen molar-refractivity contribution < 1.29 is 19.4 Å². The van der Waals surface area contributed by atoms with Gasteiger partial charge in [0.2, 0.25) is 0 Å². The quantitative estimate of drug-likeness (QED) is 0.476. The first-order valence-corrected chi connectivity index (χ1v) is 7.75. The van der Waals surface area contributed by atoms with Crippen LogP contribution in [0, 0.1) is 13.8 Å². The van der Waals surface area contributed by atoms with Crippen LogP contribution in [0.4, 0.5) is 0 Å². The second kappa shape index (κ2) is 8.31.